The van der Waals surface area contributed by atoms with Crippen molar-refractivity contribution in [1.29, 1.82) is 0 Å². The van der Waals surface area contributed by atoms with E-state index in [0.717, 1.165) is 5.56 Å². The lowest BCUT2D eigenvalue weighted by Gasteiger charge is -2.11. The van der Waals surface area contributed by atoms with Crippen molar-refractivity contribution in [2.75, 3.05) is 26.1 Å². The number of carbonyl (C=O) groups excluding carboxylic acids is 2. The average Bonchev–Trinajstić information content (AvgIpc) is 2.45. The third-order valence-electron chi connectivity index (χ3n) is 2.69. The third kappa shape index (κ3) is 5.92. The van der Waals surface area contributed by atoms with E-state index in [1.807, 2.05) is 19.1 Å². The lowest BCUT2D eigenvalue weighted by Crippen LogP contribution is -2.24. The number of nitrogens with one attached hydrogen (secondary N) is 2. The number of carbonyl (C=O) groups is 2. The molecule has 0 aliphatic carbocycles. The molecule has 7 nitrogen and oxygen atoms in total. The van der Waals surface area contributed by atoms with Gasteiger partial charge < -0.3 is 14.8 Å². The molecular weight excluding hydrogens is 286 g/mol. The van der Waals surface area contributed by atoms with Gasteiger partial charge >= 0.3 is 0 Å². The first-order valence-corrected chi connectivity index (χ1v) is 6.71. The van der Waals surface area contributed by atoms with E-state index in [4.69, 9.17) is 4.74 Å². The Bertz CT molecular complexity index is 570. The zero-order valence-electron chi connectivity index (χ0n) is 13.2. The molecule has 22 heavy (non-hydrogen) atoms. The number of benzene rings is 1. The van der Waals surface area contributed by atoms with Crippen LogP contribution < -0.4 is 15.5 Å². The van der Waals surface area contributed by atoms with E-state index in [-0.39, 0.29) is 24.8 Å². The zero-order chi connectivity index (χ0) is 16.5. The molecule has 1 aromatic rings. The molecule has 0 saturated carbocycles. The number of amides is 2. The largest absolute Gasteiger partial charge is 0.495 e. The molecule has 7 heteroatoms. The van der Waals surface area contributed by atoms with Gasteiger partial charge in [-0.2, -0.15) is 5.10 Å². The number of rotatable bonds is 7. The minimum Gasteiger partial charge on any atom is -0.495 e. The van der Waals surface area contributed by atoms with Crippen molar-refractivity contribution in [2.24, 2.45) is 5.10 Å². The SMILES string of the molecule is COCC(=O)N/N=C(\C)CC(=O)Nc1cc(C)ccc1OC. The minimum absolute atomic E-state index is 0.0599. The lowest BCUT2D eigenvalue weighted by molar-refractivity contribution is -0.124. The van der Waals surface area contributed by atoms with Gasteiger partial charge in [-0.3, -0.25) is 9.59 Å². The van der Waals surface area contributed by atoms with Crippen LogP contribution in [-0.2, 0) is 14.3 Å². The van der Waals surface area contributed by atoms with Gasteiger partial charge in [0.05, 0.1) is 19.2 Å². The Hall–Kier alpha value is -2.41. The van der Waals surface area contributed by atoms with Gasteiger partial charge in [0.15, 0.2) is 0 Å². The van der Waals surface area contributed by atoms with E-state index in [2.05, 4.69) is 20.6 Å². The molecule has 0 radical (unpaired) electrons. The molecule has 0 heterocycles. The van der Waals surface area contributed by atoms with Gasteiger partial charge in [-0.15, -0.1) is 0 Å². The normalized spacial score (nSPS) is 11.0. The van der Waals surface area contributed by atoms with Crippen molar-refractivity contribution in [3.05, 3.63) is 23.8 Å². The smallest absolute Gasteiger partial charge is 0.266 e. The summed E-state index contributed by atoms with van der Waals surface area (Å²) in [5.41, 5.74) is 4.39. The Balaban J connectivity index is 2.61. The van der Waals surface area contributed by atoms with Crippen LogP contribution in [0, 0.1) is 6.92 Å². The fourth-order valence-corrected chi connectivity index (χ4v) is 1.71. The molecule has 120 valence electrons. The van der Waals surface area contributed by atoms with Crippen molar-refractivity contribution < 1.29 is 19.1 Å². The summed E-state index contributed by atoms with van der Waals surface area (Å²) in [7, 11) is 2.96. The second kappa shape index (κ2) is 8.78. The van der Waals surface area contributed by atoms with Gasteiger partial charge in [0.25, 0.3) is 5.91 Å². The summed E-state index contributed by atoms with van der Waals surface area (Å²) in [6.45, 7) is 3.50. The summed E-state index contributed by atoms with van der Waals surface area (Å²) < 4.78 is 9.85. The van der Waals surface area contributed by atoms with Gasteiger partial charge in [0.2, 0.25) is 5.91 Å². The van der Waals surface area contributed by atoms with E-state index in [1.165, 1.54) is 7.11 Å². The van der Waals surface area contributed by atoms with Crippen LogP contribution in [0.1, 0.15) is 18.9 Å². The van der Waals surface area contributed by atoms with E-state index in [9.17, 15) is 9.59 Å². The van der Waals surface area contributed by atoms with Crippen molar-refractivity contribution in [3.63, 3.8) is 0 Å². The Labute approximate surface area is 129 Å². The van der Waals surface area contributed by atoms with Crippen molar-refractivity contribution in [3.8, 4) is 5.75 Å². The molecule has 1 aromatic carbocycles. The lowest BCUT2D eigenvalue weighted by atomic mass is 10.2. The van der Waals surface area contributed by atoms with Crippen molar-refractivity contribution in [2.45, 2.75) is 20.3 Å². The number of methoxy groups -OCH3 is 2. The van der Waals surface area contributed by atoms with Gasteiger partial charge in [0, 0.05) is 12.8 Å². The van der Waals surface area contributed by atoms with Crippen molar-refractivity contribution >= 4 is 23.2 Å². The molecule has 0 atom stereocenters. The number of ether oxygens (including phenoxy) is 2. The molecule has 0 unspecified atom stereocenters. The second-order valence-electron chi connectivity index (χ2n) is 4.74. The Kier molecular flexibility index (Phi) is 7.04. The molecule has 0 spiro atoms. The highest BCUT2D eigenvalue weighted by molar-refractivity contribution is 6.06. The second-order valence-corrected chi connectivity index (χ2v) is 4.74. The van der Waals surface area contributed by atoms with E-state index >= 15 is 0 Å². The maximum atomic E-state index is 12.0. The highest BCUT2D eigenvalue weighted by Gasteiger charge is 2.09. The Morgan fingerprint density at radius 2 is 1.95 bits per heavy atom. The number of hydrogen-bond donors (Lipinski definition) is 2. The summed E-state index contributed by atoms with van der Waals surface area (Å²) >= 11 is 0. The molecule has 0 saturated heterocycles. The molecule has 2 N–H and O–H groups in total. The molecule has 2 amide bonds. The van der Waals surface area contributed by atoms with E-state index < -0.39 is 0 Å². The summed E-state index contributed by atoms with van der Waals surface area (Å²) in [5.74, 6) is -0.0318. The molecule has 0 fully saturated rings. The number of aryl methyl sites for hydroxylation is 1. The molecular formula is C15H21N3O4. The molecule has 0 aromatic heterocycles. The first kappa shape index (κ1) is 17.6. The quantitative estimate of drug-likeness (QED) is 0.590. The summed E-state index contributed by atoms with van der Waals surface area (Å²) in [6, 6.07) is 5.51. The fraction of sp³-hybridized carbons (Fsp3) is 0.400. The maximum Gasteiger partial charge on any atom is 0.266 e. The highest BCUT2D eigenvalue weighted by Crippen LogP contribution is 2.25. The maximum absolute atomic E-state index is 12.0. The topological polar surface area (TPSA) is 89.0 Å². The van der Waals surface area contributed by atoms with Crippen LogP contribution in [0.3, 0.4) is 0 Å². The van der Waals surface area contributed by atoms with Gasteiger partial charge in [-0.1, -0.05) is 6.07 Å². The van der Waals surface area contributed by atoms with Crippen LogP contribution in [0.15, 0.2) is 23.3 Å². The average molecular weight is 307 g/mol. The number of hydrazone groups is 1. The van der Waals surface area contributed by atoms with Gasteiger partial charge in [-0.05, 0) is 31.5 Å². The number of hydrogen-bond acceptors (Lipinski definition) is 5. The monoisotopic (exact) mass is 307 g/mol. The first-order chi connectivity index (χ1) is 10.5. The Morgan fingerprint density at radius 1 is 1.23 bits per heavy atom. The van der Waals surface area contributed by atoms with Gasteiger partial charge in [-0.25, -0.2) is 5.43 Å². The standard InChI is InChI=1S/C15H21N3O4/c1-10-5-6-13(22-4)12(7-10)16-14(19)8-11(2)17-18-15(20)9-21-3/h5-7H,8-9H2,1-4H3,(H,16,19)(H,18,20)/b17-11+. The fourth-order valence-electron chi connectivity index (χ4n) is 1.71. The van der Waals surface area contributed by atoms with Crippen LogP contribution in [0.4, 0.5) is 5.69 Å². The molecule has 0 aliphatic heterocycles. The predicted octanol–water partition coefficient (Wildman–Crippen LogP) is 1.47. The Morgan fingerprint density at radius 3 is 2.59 bits per heavy atom. The molecule has 0 aliphatic rings. The number of nitrogens with zero attached hydrogens (tertiary/aromatic N) is 1. The predicted molar refractivity (Wildman–Crippen MR) is 84.1 cm³/mol. The van der Waals surface area contributed by atoms with Crippen LogP contribution in [-0.4, -0.2) is 38.4 Å². The van der Waals surface area contributed by atoms with E-state index in [0.29, 0.717) is 17.1 Å². The van der Waals surface area contributed by atoms with Crippen molar-refractivity contribution in [1.82, 2.24) is 5.43 Å². The number of anilines is 1. The summed E-state index contributed by atoms with van der Waals surface area (Å²) in [4.78, 5) is 23.2. The van der Waals surface area contributed by atoms with Crippen LogP contribution in [0.25, 0.3) is 0 Å². The molecule has 1 rings (SSSR count). The van der Waals surface area contributed by atoms with Crippen LogP contribution in [0.2, 0.25) is 0 Å². The zero-order valence-corrected chi connectivity index (χ0v) is 13.2. The third-order valence-corrected chi connectivity index (χ3v) is 2.69. The molecule has 0 bridgehead atoms. The van der Waals surface area contributed by atoms with Crippen LogP contribution in [0.5, 0.6) is 5.75 Å². The van der Waals surface area contributed by atoms with Crippen LogP contribution >= 0.6 is 0 Å². The first-order valence-electron chi connectivity index (χ1n) is 6.71. The highest BCUT2D eigenvalue weighted by atomic mass is 16.5. The van der Waals surface area contributed by atoms with Gasteiger partial charge in [0.1, 0.15) is 12.4 Å². The van der Waals surface area contributed by atoms with E-state index in [1.54, 1.807) is 20.1 Å². The summed E-state index contributed by atoms with van der Waals surface area (Å²) in [6.07, 6.45) is 0.0599. The summed E-state index contributed by atoms with van der Waals surface area (Å²) in [5, 5.41) is 6.59. The minimum atomic E-state index is -0.373.